The molecule has 0 amide bonds. The second kappa shape index (κ2) is 9.95. The lowest BCUT2D eigenvalue weighted by Gasteiger charge is -2.48. The van der Waals surface area contributed by atoms with E-state index < -0.39 is 17.1 Å². The second-order valence-corrected chi connectivity index (χ2v) is 18.5. The summed E-state index contributed by atoms with van der Waals surface area (Å²) in [6.45, 7) is 22.7. The Balaban J connectivity index is 2.46. The van der Waals surface area contributed by atoms with Crippen LogP contribution >= 0.6 is 0 Å². The Bertz CT molecular complexity index is 591. The van der Waals surface area contributed by atoms with Crippen molar-refractivity contribution in [3.63, 3.8) is 0 Å². The first-order chi connectivity index (χ1) is 13.2. The van der Waals surface area contributed by atoms with Crippen molar-refractivity contribution in [1.82, 2.24) is 0 Å². The van der Waals surface area contributed by atoms with Gasteiger partial charge in [0.05, 0.1) is 8.80 Å². The van der Waals surface area contributed by atoms with E-state index in [0.717, 1.165) is 12.1 Å². The van der Waals surface area contributed by atoms with Gasteiger partial charge in [0, 0.05) is 24.3 Å². The molecule has 0 bridgehead atoms. The average molecular weight is 419 g/mol. The number of fused-ring (bicyclic) bond motifs is 1. The summed E-state index contributed by atoms with van der Waals surface area (Å²) in [7, 11) is -2.29. The Morgan fingerprint density at radius 3 is 2.00 bits per heavy atom. The van der Waals surface area contributed by atoms with Crippen molar-refractivity contribution in [2.75, 3.05) is 11.9 Å². The summed E-state index contributed by atoms with van der Waals surface area (Å²) in [5.74, 6) is 0.523. The fraction of sp³-hybridized carbons (Fsp3) is 0.750. The van der Waals surface area contributed by atoms with E-state index in [1.165, 1.54) is 23.3 Å². The van der Waals surface area contributed by atoms with E-state index >= 15 is 0 Å². The number of anilines is 1. The van der Waals surface area contributed by atoms with Crippen LogP contribution in [0.25, 0.3) is 0 Å². The molecule has 1 N–H and O–H groups in total. The van der Waals surface area contributed by atoms with Gasteiger partial charge < -0.3 is 9.74 Å². The van der Waals surface area contributed by atoms with Crippen molar-refractivity contribution in [3.05, 3.63) is 29.8 Å². The van der Waals surface area contributed by atoms with Gasteiger partial charge in [0.25, 0.3) is 0 Å². The van der Waals surface area contributed by atoms with Crippen LogP contribution in [0.5, 0.6) is 0 Å². The molecule has 0 aliphatic carbocycles. The standard InChI is InChI=1S/C24H44NOSi2/c1-10-27(11-2)23-16-25-22-15-13-12-14-21(22)24(23)20(9)26-28(17(3)4,18(5)6)19(7)8/h12-15,17-20,23-25H,10-11,16H2,1-9H3/t20-,23-,24+/m0/s1. The first kappa shape index (κ1) is 23.7. The van der Waals surface area contributed by atoms with Crippen molar-refractivity contribution in [2.24, 2.45) is 0 Å². The molecular formula is C24H44NOSi2. The summed E-state index contributed by atoms with van der Waals surface area (Å²) in [6, 6.07) is 11.7. The number of hydrogen-bond acceptors (Lipinski definition) is 2. The van der Waals surface area contributed by atoms with Crippen molar-refractivity contribution in [1.29, 1.82) is 0 Å². The molecule has 1 aromatic rings. The molecule has 0 unspecified atom stereocenters. The summed E-state index contributed by atoms with van der Waals surface area (Å²) in [6.07, 6.45) is 0.283. The van der Waals surface area contributed by atoms with Gasteiger partial charge in [-0.3, -0.25) is 0 Å². The SMILES string of the molecule is CC[Si](CC)[C@H]1CNc2ccccc2[C@H]1[C@H](C)O[Si](C(C)C)(C(C)C)C(C)C. The maximum Gasteiger partial charge on any atom is 0.200 e. The number of benzene rings is 1. The van der Waals surface area contributed by atoms with Gasteiger partial charge in [-0.05, 0) is 40.7 Å². The zero-order valence-electron chi connectivity index (χ0n) is 19.8. The number of hydrogen-bond donors (Lipinski definition) is 1. The van der Waals surface area contributed by atoms with E-state index in [9.17, 15) is 0 Å². The predicted molar refractivity (Wildman–Crippen MR) is 130 cm³/mol. The lowest BCUT2D eigenvalue weighted by molar-refractivity contribution is 0.157. The molecule has 0 saturated heterocycles. The molecule has 0 fully saturated rings. The van der Waals surface area contributed by atoms with Crippen LogP contribution in [0.3, 0.4) is 0 Å². The average Bonchev–Trinajstić information content (AvgIpc) is 2.65. The molecule has 4 heteroatoms. The first-order valence-electron chi connectivity index (χ1n) is 11.6. The van der Waals surface area contributed by atoms with Crippen molar-refractivity contribution < 1.29 is 4.43 Å². The van der Waals surface area contributed by atoms with Crippen LogP contribution < -0.4 is 5.32 Å². The van der Waals surface area contributed by atoms with Gasteiger partial charge in [-0.2, -0.15) is 0 Å². The minimum Gasteiger partial charge on any atom is -0.413 e. The van der Waals surface area contributed by atoms with Crippen LogP contribution in [0.1, 0.15) is 73.8 Å². The van der Waals surface area contributed by atoms with Crippen LogP contribution in [-0.4, -0.2) is 29.8 Å². The molecule has 0 aromatic heterocycles. The Morgan fingerprint density at radius 2 is 1.50 bits per heavy atom. The fourth-order valence-electron chi connectivity index (χ4n) is 6.07. The monoisotopic (exact) mass is 418 g/mol. The quantitative estimate of drug-likeness (QED) is 0.415. The number of rotatable bonds is 9. The van der Waals surface area contributed by atoms with E-state index in [1.807, 2.05) is 0 Å². The number of para-hydroxylation sites is 1. The van der Waals surface area contributed by atoms with E-state index in [4.69, 9.17) is 4.43 Å². The van der Waals surface area contributed by atoms with Crippen LogP contribution in [-0.2, 0) is 4.43 Å². The molecule has 2 rings (SSSR count). The van der Waals surface area contributed by atoms with Crippen molar-refractivity contribution in [2.45, 2.75) is 109 Å². The summed E-state index contributed by atoms with van der Waals surface area (Å²) in [4.78, 5) is 0. The fourth-order valence-corrected chi connectivity index (χ4v) is 14.6. The second-order valence-electron chi connectivity index (χ2n) is 9.61. The molecule has 0 saturated carbocycles. The lowest BCUT2D eigenvalue weighted by Crippen LogP contribution is -2.52. The van der Waals surface area contributed by atoms with Crippen LogP contribution in [0.2, 0.25) is 34.3 Å². The molecule has 159 valence electrons. The number of nitrogens with one attached hydrogen (secondary N) is 1. The van der Waals surface area contributed by atoms with Gasteiger partial charge in [-0.15, -0.1) is 0 Å². The molecule has 1 aliphatic heterocycles. The Hall–Kier alpha value is -0.586. The van der Waals surface area contributed by atoms with Gasteiger partial charge >= 0.3 is 0 Å². The Kier molecular flexibility index (Phi) is 8.42. The molecule has 3 atom stereocenters. The maximum absolute atomic E-state index is 7.32. The van der Waals surface area contributed by atoms with E-state index in [-0.39, 0.29) is 6.10 Å². The molecule has 1 radical (unpaired) electrons. The molecule has 1 aromatic carbocycles. The largest absolute Gasteiger partial charge is 0.413 e. The van der Waals surface area contributed by atoms with E-state index in [2.05, 4.69) is 91.9 Å². The van der Waals surface area contributed by atoms with Gasteiger partial charge in [0.15, 0.2) is 0 Å². The Morgan fingerprint density at radius 1 is 0.964 bits per heavy atom. The highest BCUT2D eigenvalue weighted by Crippen LogP contribution is 2.49. The van der Waals surface area contributed by atoms with Gasteiger partial charge in [-0.25, -0.2) is 0 Å². The third-order valence-electron chi connectivity index (χ3n) is 7.30. The van der Waals surface area contributed by atoms with E-state index in [1.54, 1.807) is 0 Å². The van der Waals surface area contributed by atoms with Crippen LogP contribution in [0.15, 0.2) is 24.3 Å². The predicted octanol–water partition coefficient (Wildman–Crippen LogP) is 7.68. The third kappa shape index (κ3) is 4.44. The molecule has 1 heterocycles. The molecule has 2 nitrogen and oxygen atoms in total. The topological polar surface area (TPSA) is 21.3 Å². The minimum absolute atomic E-state index is 0.283. The normalized spacial score (nSPS) is 21.3. The maximum atomic E-state index is 7.32. The summed E-state index contributed by atoms with van der Waals surface area (Å²) in [5.41, 5.74) is 5.46. The van der Waals surface area contributed by atoms with Gasteiger partial charge in [-0.1, -0.05) is 85.7 Å². The minimum atomic E-state index is -1.89. The van der Waals surface area contributed by atoms with Crippen LogP contribution in [0.4, 0.5) is 5.69 Å². The summed E-state index contributed by atoms with van der Waals surface area (Å²) < 4.78 is 7.32. The van der Waals surface area contributed by atoms with Gasteiger partial charge in [0.2, 0.25) is 8.32 Å². The summed E-state index contributed by atoms with van der Waals surface area (Å²) in [5, 5.41) is 3.76. The Labute approximate surface area is 177 Å². The van der Waals surface area contributed by atoms with E-state index in [0.29, 0.717) is 22.5 Å². The smallest absolute Gasteiger partial charge is 0.200 e. The van der Waals surface area contributed by atoms with Gasteiger partial charge in [0.1, 0.15) is 0 Å². The van der Waals surface area contributed by atoms with Crippen molar-refractivity contribution >= 4 is 22.8 Å². The highest BCUT2D eigenvalue weighted by atomic mass is 28.4. The van der Waals surface area contributed by atoms with Crippen LogP contribution in [0, 0.1) is 0 Å². The molecule has 28 heavy (non-hydrogen) atoms. The van der Waals surface area contributed by atoms with Crippen molar-refractivity contribution in [3.8, 4) is 0 Å². The molecule has 0 spiro atoms. The highest BCUT2D eigenvalue weighted by Gasteiger charge is 2.48. The third-order valence-corrected chi connectivity index (χ3v) is 16.9. The zero-order valence-corrected chi connectivity index (χ0v) is 21.8. The lowest BCUT2D eigenvalue weighted by atomic mass is 9.86. The highest BCUT2D eigenvalue weighted by molar-refractivity contribution is 6.77. The zero-order chi connectivity index (χ0) is 21.1. The molecular weight excluding hydrogens is 374 g/mol. The summed E-state index contributed by atoms with van der Waals surface area (Å²) >= 11 is 0. The molecule has 1 aliphatic rings. The first-order valence-corrected chi connectivity index (χ1v) is 15.7.